The van der Waals surface area contributed by atoms with Crippen LogP contribution in [0.1, 0.15) is 16.8 Å². The summed E-state index contributed by atoms with van der Waals surface area (Å²) < 4.78 is 4.91. The van der Waals surface area contributed by atoms with Gasteiger partial charge in [0.05, 0.1) is 11.8 Å². The number of carbonyl (C=O) groups is 1. The molecular formula is C11H16N2O3. The van der Waals surface area contributed by atoms with Gasteiger partial charge >= 0.3 is 0 Å². The van der Waals surface area contributed by atoms with Gasteiger partial charge in [-0.3, -0.25) is 9.78 Å². The summed E-state index contributed by atoms with van der Waals surface area (Å²) in [6.07, 6.45) is 3.52. The van der Waals surface area contributed by atoms with Crippen molar-refractivity contribution in [3.8, 4) is 5.75 Å². The molecule has 0 aromatic carbocycles. The highest BCUT2D eigenvalue weighted by Crippen LogP contribution is 2.10. The van der Waals surface area contributed by atoms with Crippen molar-refractivity contribution in [2.75, 3.05) is 27.3 Å². The molecule has 0 unspecified atom stereocenters. The third-order valence-electron chi connectivity index (χ3n) is 2.16. The molecule has 1 heterocycles. The molecule has 1 N–H and O–H groups in total. The number of hydrogen-bond donors (Lipinski definition) is 1. The van der Waals surface area contributed by atoms with E-state index in [0.717, 1.165) is 6.42 Å². The van der Waals surface area contributed by atoms with Gasteiger partial charge in [0.15, 0.2) is 0 Å². The van der Waals surface area contributed by atoms with Crippen LogP contribution in [0.15, 0.2) is 18.5 Å². The van der Waals surface area contributed by atoms with E-state index in [2.05, 4.69) is 4.98 Å². The van der Waals surface area contributed by atoms with E-state index in [4.69, 9.17) is 4.74 Å². The van der Waals surface area contributed by atoms with Crippen molar-refractivity contribution in [2.24, 2.45) is 0 Å². The number of aromatic nitrogens is 1. The predicted molar refractivity (Wildman–Crippen MR) is 59.4 cm³/mol. The van der Waals surface area contributed by atoms with Crippen LogP contribution in [0.4, 0.5) is 0 Å². The monoisotopic (exact) mass is 224 g/mol. The van der Waals surface area contributed by atoms with Gasteiger partial charge in [-0.25, -0.2) is 0 Å². The van der Waals surface area contributed by atoms with Crippen LogP contribution in [0.3, 0.4) is 0 Å². The molecule has 0 aliphatic carbocycles. The van der Waals surface area contributed by atoms with Gasteiger partial charge in [-0.15, -0.1) is 0 Å². The molecule has 0 radical (unpaired) electrons. The number of aromatic hydroxyl groups is 1. The Hall–Kier alpha value is -1.62. The molecule has 0 atom stereocenters. The Balaban J connectivity index is 2.56. The Kier molecular flexibility index (Phi) is 4.72. The van der Waals surface area contributed by atoms with E-state index in [1.165, 1.54) is 18.5 Å². The van der Waals surface area contributed by atoms with E-state index in [0.29, 0.717) is 18.7 Å². The lowest BCUT2D eigenvalue weighted by Gasteiger charge is -2.16. The number of carbonyl (C=O) groups excluding carboxylic acids is 1. The number of methoxy groups -OCH3 is 1. The standard InChI is InChI=1S/C11H16N2O3/c1-13(4-3-5-16-2)11(15)9-6-10(14)8-12-7-9/h6-8,14H,3-5H2,1-2H3. The highest BCUT2D eigenvalue weighted by Gasteiger charge is 2.11. The molecule has 5 heteroatoms. The van der Waals surface area contributed by atoms with Crippen LogP contribution in [0.2, 0.25) is 0 Å². The van der Waals surface area contributed by atoms with Gasteiger partial charge in [-0.05, 0) is 12.5 Å². The Bertz CT molecular complexity index is 355. The fourth-order valence-corrected chi connectivity index (χ4v) is 1.31. The zero-order valence-corrected chi connectivity index (χ0v) is 9.51. The van der Waals surface area contributed by atoms with E-state index >= 15 is 0 Å². The third kappa shape index (κ3) is 3.51. The largest absolute Gasteiger partial charge is 0.506 e. The molecule has 0 saturated carbocycles. The van der Waals surface area contributed by atoms with E-state index in [1.807, 2.05) is 0 Å². The molecule has 1 aromatic rings. The van der Waals surface area contributed by atoms with Crippen molar-refractivity contribution >= 4 is 5.91 Å². The van der Waals surface area contributed by atoms with Crippen LogP contribution >= 0.6 is 0 Å². The summed E-state index contributed by atoms with van der Waals surface area (Å²) in [5, 5.41) is 9.20. The highest BCUT2D eigenvalue weighted by molar-refractivity contribution is 5.94. The van der Waals surface area contributed by atoms with E-state index in [-0.39, 0.29) is 11.7 Å². The first kappa shape index (κ1) is 12.4. The Morgan fingerprint density at radius 1 is 1.56 bits per heavy atom. The molecule has 1 rings (SSSR count). The maximum absolute atomic E-state index is 11.8. The average Bonchev–Trinajstić information content (AvgIpc) is 2.28. The van der Waals surface area contributed by atoms with Crippen molar-refractivity contribution in [3.05, 3.63) is 24.0 Å². The lowest BCUT2D eigenvalue weighted by molar-refractivity contribution is 0.0778. The second kappa shape index (κ2) is 6.07. The molecule has 0 aliphatic rings. The van der Waals surface area contributed by atoms with Crippen molar-refractivity contribution in [3.63, 3.8) is 0 Å². The Morgan fingerprint density at radius 3 is 2.94 bits per heavy atom. The Morgan fingerprint density at radius 2 is 2.31 bits per heavy atom. The SMILES string of the molecule is COCCCN(C)C(=O)c1cncc(O)c1. The molecule has 0 fully saturated rings. The molecular weight excluding hydrogens is 208 g/mol. The molecule has 16 heavy (non-hydrogen) atoms. The summed E-state index contributed by atoms with van der Waals surface area (Å²) in [5.74, 6) is -0.157. The summed E-state index contributed by atoms with van der Waals surface area (Å²) in [6, 6.07) is 1.40. The predicted octanol–water partition coefficient (Wildman–Crippen LogP) is 0.896. The molecule has 5 nitrogen and oxygen atoms in total. The molecule has 1 amide bonds. The molecule has 0 bridgehead atoms. The van der Waals surface area contributed by atoms with E-state index in [9.17, 15) is 9.90 Å². The summed E-state index contributed by atoms with van der Waals surface area (Å²) >= 11 is 0. The summed E-state index contributed by atoms with van der Waals surface area (Å²) in [7, 11) is 3.34. The van der Waals surface area contributed by atoms with Crippen LogP contribution in [0.25, 0.3) is 0 Å². The minimum Gasteiger partial charge on any atom is -0.506 e. The molecule has 88 valence electrons. The summed E-state index contributed by atoms with van der Waals surface area (Å²) in [6.45, 7) is 1.23. The minimum atomic E-state index is -0.153. The lowest BCUT2D eigenvalue weighted by atomic mass is 10.2. The first-order valence-electron chi connectivity index (χ1n) is 5.03. The van der Waals surface area contributed by atoms with Crippen LogP contribution in [-0.4, -0.2) is 48.2 Å². The number of pyridine rings is 1. The first-order chi connectivity index (χ1) is 7.65. The number of nitrogens with zero attached hydrogens (tertiary/aromatic N) is 2. The summed E-state index contributed by atoms with van der Waals surface area (Å²) in [4.78, 5) is 17.2. The number of hydrogen-bond acceptors (Lipinski definition) is 4. The lowest BCUT2D eigenvalue weighted by Crippen LogP contribution is -2.28. The summed E-state index contributed by atoms with van der Waals surface area (Å²) in [5.41, 5.74) is 0.389. The van der Waals surface area contributed by atoms with Gasteiger partial charge in [-0.1, -0.05) is 0 Å². The molecule has 1 aromatic heterocycles. The molecule has 0 saturated heterocycles. The maximum Gasteiger partial charge on any atom is 0.255 e. The van der Waals surface area contributed by atoms with Crippen molar-refractivity contribution in [2.45, 2.75) is 6.42 Å². The average molecular weight is 224 g/mol. The van der Waals surface area contributed by atoms with Gasteiger partial charge < -0.3 is 14.7 Å². The van der Waals surface area contributed by atoms with E-state index < -0.39 is 0 Å². The second-order valence-electron chi connectivity index (χ2n) is 3.50. The van der Waals surface area contributed by atoms with Crippen LogP contribution in [0.5, 0.6) is 5.75 Å². The van der Waals surface area contributed by atoms with Crippen LogP contribution < -0.4 is 0 Å². The molecule has 0 aliphatic heterocycles. The zero-order chi connectivity index (χ0) is 12.0. The van der Waals surface area contributed by atoms with Crippen molar-refractivity contribution in [1.82, 2.24) is 9.88 Å². The minimum absolute atomic E-state index is 0.00357. The van der Waals surface area contributed by atoms with Gasteiger partial charge in [0.1, 0.15) is 5.75 Å². The number of amides is 1. The van der Waals surface area contributed by atoms with Crippen LogP contribution in [0, 0.1) is 0 Å². The van der Waals surface area contributed by atoms with Gasteiger partial charge in [0.25, 0.3) is 5.91 Å². The molecule has 0 spiro atoms. The number of ether oxygens (including phenoxy) is 1. The topological polar surface area (TPSA) is 62.7 Å². The fourth-order valence-electron chi connectivity index (χ4n) is 1.31. The fraction of sp³-hybridized carbons (Fsp3) is 0.455. The van der Waals surface area contributed by atoms with Crippen molar-refractivity contribution < 1.29 is 14.6 Å². The van der Waals surface area contributed by atoms with Crippen LogP contribution in [-0.2, 0) is 4.74 Å². The van der Waals surface area contributed by atoms with Gasteiger partial charge in [0.2, 0.25) is 0 Å². The zero-order valence-electron chi connectivity index (χ0n) is 9.51. The maximum atomic E-state index is 11.8. The Labute approximate surface area is 94.7 Å². The smallest absolute Gasteiger partial charge is 0.255 e. The first-order valence-corrected chi connectivity index (χ1v) is 5.03. The number of rotatable bonds is 5. The van der Waals surface area contributed by atoms with Crippen molar-refractivity contribution in [1.29, 1.82) is 0 Å². The normalized spacial score (nSPS) is 10.1. The third-order valence-corrected chi connectivity index (χ3v) is 2.16. The highest BCUT2D eigenvalue weighted by atomic mass is 16.5. The van der Waals surface area contributed by atoms with E-state index in [1.54, 1.807) is 19.1 Å². The second-order valence-corrected chi connectivity index (χ2v) is 3.50. The van der Waals surface area contributed by atoms with Gasteiger partial charge in [-0.2, -0.15) is 0 Å². The van der Waals surface area contributed by atoms with Gasteiger partial charge in [0, 0.05) is 33.5 Å². The quantitative estimate of drug-likeness (QED) is 0.755.